The molecule has 1 N–H and O–H groups in total. The Morgan fingerprint density at radius 2 is 1.50 bits per heavy atom. The molecule has 222 valence electrons. The summed E-state index contributed by atoms with van der Waals surface area (Å²) in [5, 5.41) is 3.47. The van der Waals surface area contributed by atoms with Crippen LogP contribution in [0.5, 0.6) is 5.75 Å². The number of ether oxygens (including phenoxy) is 1. The molecule has 5 rings (SSSR count). The van der Waals surface area contributed by atoms with Crippen molar-refractivity contribution in [2.45, 2.75) is 50.6 Å². The molecule has 42 heavy (non-hydrogen) atoms. The van der Waals surface area contributed by atoms with Gasteiger partial charge in [-0.25, -0.2) is 0 Å². The second-order valence-corrected chi connectivity index (χ2v) is 11.2. The average Bonchev–Trinajstić information content (AvgIpc) is 2.99. The molecule has 10 heteroatoms. The lowest BCUT2D eigenvalue weighted by Gasteiger charge is -2.32. The molecular formula is C32H33ClF3N3O3. The van der Waals surface area contributed by atoms with Gasteiger partial charge in [-0.1, -0.05) is 41.9 Å². The van der Waals surface area contributed by atoms with Gasteiger partial charge in [-0.2, -0.15) is 13.2 Å². The second-order valence-electron chi connectivity index (χ2n) is 10.8. The Morgan fingerprint density at radius 1 is 0.857 bits per heavy atom. The van der Waals surface area contributed by atoms with Crippen LogP contribution in [0.4, 0.5) is 13.2 Å². The molecule has 3 aromatic rings. The summed E-state index contributed by atoms with van der Waals surface area (Å²) in [6, 6.07) is 19.7. The number of carbonyl (C=O) groups excluding carboxylic acids is 2. The number of amides is 2. The van der Waals surface area contributed by atoms with Gasteiger partial charge in [-0.05, 0) is 60.9 Å². The molecule has 0 radical (unpaired) electrons. The summed E-state index contributed by atoms with van der Waals surface area (Å²) in [5.74, 6) is -0.00700. The molecular weight excluding hydrogens is 567 g/mol. The first-order chi connectivity index (χ1) is 20.2. The molecule has 2 aliphatic heterocycles. The Morgan fingerprint density at radius 3 is 2.12 bits per heavy atom. The van der Waals surface area contributed by atoms with E-state index < -0.39 is 11.7 Å². The van der Waals surface area contributed by atoms with Crippen molar-refractivity contribution in [1.82, 2.24) is 15.1 Å². The normalized spacial score (nSPS) is 17.2. The molecule has 0 spiro atoms. The summed E-state index contributed by atoms with van der Waals surface area (Å²) in [7, 11) is 0. The molecule has 2 saturated heterocycles. The van der Waals surface area contributed by atoms with Crippen molar-refractivity contribution in [3.8, 4) is 5.75 Å². The number of rotatable bonds is 7. The standard InChI is InChI=1S/C32H33ClF3N3O3/c33-28-20-24(30(40)37-26-12-16-38(17-13-26)21-22-4-2-1-3-5-22)8-11-29(28)42-27-14-18-39(19-15-27)31(41)23-6-9-25(10-7-23)32(34,35)36/h1-11,20,26-27H,12-19,21H2,(H,37,40). The smallest absolute Gasteiger partial charge is 0.416 e. The molecule has 0 saturated carbocycles. The lowest BCUT2D eigenvalue weighted by atomic mass is 10.0. The van der Waals surface area contributed by atoms with Gasteiger partial charge in [0.1, 0.15) is 11.9 Å². The Labute approximate surface area is 248 Å². The van der Waals surface area contributed by atoms with Gasteiger partial charge in [0.05, 0.1) is 10.6 Å². The first kappa shape index (κ1) is 29.9. The van der Waals surface area contributed by atoms with Crippen molar-refractivity contribution in [3.63, 3.8) is 0 Å². The van der Waals surface area contributed by atoms with Gasteiger partial charge in [0.2, 0.25) is 0 Å². The number of carbonyl (C=O) groups is 2. The van der Waals surface area contributed by atoms with E-state index in [4.69, 9.17) is 16.3 Å². The van der Waals surface area contributed by atoms with Crippen LogP contribution < -0.4 is 10.1 Å². The van der Waals surface area contributed by atoms with Crippen LogP contribution in [0.1, 0.15) is 57.5 Å². The van der Waals surface area contributed by atoms with Crippen LogP contribution in [0.25, 0.3) is 0 Å². The maximum absolute atomic E-state index is 12.9. The Balaban J connectivity index is 1.07. The summed E-state index contributed by atoms with van der Waals surface area (Å²) in [6.07, 6.45) is -1.76. The van der Waals surface area contributed by atoms with Crippen molar-refractivity contribution in [1.29, 1.82) is 0 Å². The maximum Gasteiger partial charge on any atom is 0.416 e. The third-order valence-electron chi connectivity index (χ3n) is 7.85. The van der Waals surface area contributed by atoms with Crippen LogP contribution in [-0.2, 0) is 12.7 Å². The highest BCUT2D eigenvalue weighted by molar-refractivity contribution is 6.32. The molecule has 2 aliphatic rings. The number of alkyl halides is 3. The van der Waals surface area contributed by atoms with Crippen molar-refractivity contribution in [2.75, 3.05) is 26.2 Å². The minimum Gasteiger partial charge on any atom is -0.489 e. The topological polar surface area (TPSA) is 61.9 Å². The highest BCUT2D eigenvalue weighted by Crippen LogP contribution is 2.31. The number of likely N-dealkylation sites (tertiary alicyclic amines) is 2. The molecule has 3 aromatic carbocycles. The summed E-state index contributed by atoms with van der Waals surface area (Å²) >= 11 is 6.48. The molecule has 2 amide bonds. The third kappa shape index (κ3) is 7.63. The largest absolute Gasteiger partial charge is 0.489 e. The van der Waals surface area contributed by atoms with Crippen LogP contribution in [-0.4, -0.2) is 59.9 Å². The van der Waals surface area contributed by atoms with E-state index in [1.807, 2.05) is 18.2 Å². The predicted octanol–water partition coefficient (Wildman–Crippen LogP) is 6.44. The first-order valence-corrected chi connectivity index (χ1v) is 14.5. The molecule has 2 heterocycles. The van der Waals surface area contributed by atoms with E-state index in [0.717, 1.165) is 44.6 Å². The van der Waals surface area contributed by atoms with Gasteiger partial charge in [0.25, 0.3) is 11.8 Å². The molecule has 0 unspecified atom stereocenters. The number of hydrogen-bond donors (Lipinski definition) is 1. The van der Waals surface area contributed by atoms with E-state index in [1.165, 1.54) is 17.7 Å². The maximum atomic E-state index is 12.9. The van der Waals surface area contributed by atoms with E-state index in [9.17, 15) is 22.8 Å². The highest BCUT2D eigenvalue weighted by atomic mass is 35.5. The van der Waals surface area contributed by atoms with Crippen LogP contribution in [0.3, 0.4) is 0 Å². The Kier molecular flexibility index (Phi) is 9.38. The molecule has 0 atom stereocenters. The van der Waals surface area contributed by atoms with Gasteiger partial charge in [0.15, 0.2) is 0 Å². The van der Waals surface area contributed by atoms with Gasteiger partial charge in [0, 0.05) is 62.7 Å². The van der Waals surface area contributed by atoms with E-state index >= 15 is 0 Å². The molecule has 0 bridgehead atoms. The molecule has 0 aliphatic carbocycles. The van der Waals surface area contributed by atoms with Crippen LogP contribution in [0, 0.1) is 0 Å². The zero-order chi connectivity index (χ0) is 29.7. The van der Waals surface area contributed by atoms with Gasteiger partial charge in [-0.3, -0.25) is 14.5 Å². The van der Waals surface area contributed by atoms with Crippen molar-refractivity contribution >= 4 is 23.4 Å². The summed E-state index contributed by atoms with van der Waals surface area (Å²) < 4.78 is 44.5. The summed E-state index contributed by atoms with van der Waals surface area (Å²) in [6.45, 7) is 3.57. The highest BCUT2D eigenvalue weighted by Gasteiger charge is 2.31. The first-order valence-electron chi connectivity index (χ1n) is 14.2. The van der Waals surface area contributed by atoms with Crippen LogP contribution in [0.15, 0.2) is 72.8 Å². The van der Waals surface area contributed by atoms with Crippen molar-refractivity contribution in [2.24, 2.45) is 0 Å². The van der Waals surface area contributed by atoms with E-state index in [-0.39, 0.29) is 29.5 Å². The van der Waals surface area contributed by atoms with Crippen LogP contribution >= 0.6 is 11.6 Å². The number of nitrogens with zero attached hydrogens (tertiary/aromatic N) is 2. The number of piperidine rings is 2. The quantitative estimate of drug-likeness (QED) is 0.340. The second kappa shape index (κ2) is 13.2. The van der Waals surface area contributed by atoms with Gasteiger partial charge >= 0.3 is 6.18 Å². The van der Waals surface area contributed by atoms with E-state index in [1.54, 1.807) is 23.1 Å². The number of nitrogens with one attached hydrogen (secondary N) is 1. The summed E-state index contributed by atoms with van der Waals surface area (Å²) in [5.41, 5.74) is 1.19. The number of benzene rings is 3. The number of halogens is 4. The summed E-state index contributed by atoms with van der Waals surface area (Å²) in [4.78, 5) is 29.7. The van der Waals surface area contributed by atoms with E-state index in [2.05, 4.69) is 22.3 Å². The third-order valence-corrected chi connectivity index (χ3v) is 8.14. The lowest BCUT2D eigenvalue weighted by molar-refractivity contribution is -0.137. The zero-order valence-electron chi connectivity index (χ0n) is 23.1. The monoisotopic (exact) mass is 599 g/mol. The number of hydrogen-bond acceptors (Lipinski definition) is 4. The van der Waals surface area contributed by atoms with E-state index in [0.29, 0.717) is 42.3 Å². The molecule has 2 fully saturated rings. The lowest BCUT2D eigenvalue weighted by Crippen LogP contribution is -2.44. The Bertz CT molecular complexity index is 1370. The van der Waals surface area contributed by atoms with Crippen molar-refractivity contribution in [3.05, 3.63) is 100 Å². The minimum atomic E-state index is -4.44. The van der Waals surface area contributed by atoms with Gasteiger partial charge < -0.3 is 15.0 Å². The average molecular weight is 600 g/mol. The molecule has 6 nitrogen and oxygen atoms in total. The zero-order valence-corrected chi connectivity index (χ0v) is 23.8. The fourth-order valence-corrected chi connectivity index (χ4v) is 5.65. The minimum absolute atomic E-state index is 0.106. The Hall–Kier alpha value is -3.56. The van der Waals surface area contributed by atoms with Crippen molar-refractivity contribution < 1.29 is 27.5 Å². The SMILES string of the molecule is O=C(NC1CCN(Cc2ccccc2)CC1)c1ccc(OC2CCN(C(=O)c3ccc(C(F)(F)F)cc3)CC2)c(Cl)c1. The van der Waals surface area contributed by atoms with Crippen LogP contribution in [0.2, 0.25) is 5.02 Å². The fourth-order valence-electron chi connectivity index (χ4n) is 5.42. The molecule has 0 aromatic heterocycles. The predicted molar refractivity (Wildman–Crippen MR) is 155 cm³/mol. The fraction of sp³-hybridized carbons (Fsp3) is 0.375. The van der Waals surface area contributed by atoms with Gasteiger partial charge in [-0.15, -0.1) is 0 Å².